The number of nitrogens with two attached hydrogens (primary N) is 1. The van der Waals surface area contributed by atoms with Crippen molar-refractivity contribution in [2.45, 2.75) is 19.0 Å². The molecule has 0 spiro atoms. The molecule has 0 aliphatic heterocycles. The van der Waals surface area contributed by atoms with E-state index in [1.165, 1.54) is 11.6 Å². The lowest BCUT2D eigenvalue weighted by atomic mass is 10.0. The van der Waals surface area contributed by atoms with E-state index in [-0.39, 0.29) is 11.9 Å². The maximum absolute atomic E-state index is 13.6. The molecule has 0 bridgehead atoms. The first-order valence-corrected chi connectivity index (χ1v) is 6.89. The fourth-order valence-corrected chi connectivity index (χ4v) is 2.26. The van der Waals surface area contributed by atoms with Gasteiger partial charge in [-0.2, -0.15) is 0 Å². The van der Waals surface area contributed by atoms with Gasteiger partial charge in [0.15, 0.2) is 0 Å². The van der Waals surface area contributed by atoms with Crippen LogP contribution in [0.1, 0.15) is 23.6 Å². The first-order chi connectivity index (χ1) is 9.66. The Bertz CT molecular complexity index is 528. The van der Waals surface area contributed by atoms with Crippen molar-refractivity contribution in [1.82, 2.24) is 4.90 Å². The molecule has 1 atom stereocenters. The standard InChI is InChI=1S/C17H21FN2/c1-20(13-14-7-3-2-4-8-14)12-11-17(19)15-9-5-6-10-16(15)18/h2-10,17H,11-13,19H2,1H3. The van der Waals surface area contributed by atoms with Crippen LogP contribution in [-0.4, -0.2) is 18.5 Å². The van der Waals surface area contributed by atoms with Crippen LogP contribution >= 0.6 is 0 Å². The van der Waals surface area contributed by atoms with Gasteiger partial charge in [-0.3, -0.25) is 0 Å². The summed E-state index contributed by atoms with van der Waals surface area (Å²) >= 11 is 0. The summed E-state index contributed by atoms with van der Waals surface area (Å²) < 4.78 is 13.6. The van der Waals surface area contributed by atoms with Crippen LogP contribution < -0.4 is 5.73 Å². The van der Waals surface area contributed by atoms with Crippen molar-refractivity contribution in [1.29, 1.82) is 0 Å². The molecule has 2 aromatic rings. The van der Waals surface area contributed by atoms with E-state index in [1.54, 1.807) is 12.1 Å². The number of hydrogen-bond acceptors (Lipinski definition) is 2. The number of hydrogen-bond donors (Lipinski definition) is 1. The van der Waals surface area contributed by atoms with Crippen LogP contribution in [0.2, 0.25) is 0 Å². The van der Waals surface area contributed by atoms with Crippen LogP contribution in [0.4, 0.5) is 4.39 Å². The molecule has 2 nitrogen and oxygen atoms in total. The van der Waals surface area contributed by atoms with E-state index in [1.807, 2.05) is 24.3 Å². The van der Waals surface area contributed by atoms with Gasteiger partial charge in [-0.15, -0.1) is 0 Å². The second-order valence-corrected chi connectivity index (χ2v) is 5.14. The van der Waals surface area contributed by atoms with Gasteiger partial charge in [0.05, 0.1) is 0 Å². The Balaban J connectivity index is 1.84. The Kier molecular flexibility index (Phi) is 5.27. The third-order valence-corrected chi connectivity index (χ3v) is 3.42. The molecule has 20 heavy (non-hydrogen) atoms. The van der Waals surface area contributed by atoms with Gasteiger partial charge in [-0.25, -0.2) is 4.39 Å². The highest BCUT2D eigenvalue weighted by molar-refractivity contribution is 5.20. The molecule has 0 aliphatic rings. The van der Waals surface area contributed by atoms with Gasteiger partial charge in [0.1, 0.15) is 5.82 Å². The predicted octanol–water partition coefficient (Wildman–Crippen LogP) is 3.35. The first-order valence-electron chi connectivity index (χ1n) is 6.89. The average Bonchev–Trinajstić information content (AvgIpc) is 2.46. The number of benzene rings is 2. The minimum absolute atomic E-state index is 0.217. The summed E-state index contributed by atoms with van der Waals surface area (Å²) in [5, 5.41) is 0. The van der Waals surface area contributed by atoms with Crippen LogP contribution in [0.15, 0.2) is 54.6 Å². The minimum atomic E-state index is -0.255. The lowest BCUT2D eigenvalue weighted by Gasteiger charge is -2.20. The van der Waals surface area contributed by atoms with Crippen molar-refractivity contribution in [3.8, 4) is 0 Å². The van der Waals surface area contributed by atoms with Crippen molar-refractivity contribution in [2.24, 2.45) is 5.73 Å². The smallest absolute Gasteiger partial charge is 0.127 e. The molecular formula is C17H21FN2. The number of halogens is 1. The van der Waals surface area contributed by atoms with E-state index in [0.717, 1.165) is 19.5 Å². The molecular weight excluding hydrogens is 251 g/mol. The summed E-state index contributed by atoms with van der Waals surface area (Å²) in [6.45, 7) is 1.72. The Morgan fingerprint density at radius 2 is 1.70 bits per heavy atom. The third-order valence-electron chi connectivity index (χ3n) is 3.42. The maximum atomic E-state index is 13.6. The number of rotatable bonds is 6. The van der Waals surface area contributed by atoms with E-state index < -0.39 is 0 Å². The van der Waals surface area contributed by atoms with Gasteiger partial charge in [-0.1, -0.05) is 48.5 Å². The van der Waals surface area contributed by atoms with E-state index in [4.69, 9.17) is 5.73 Å². The van der Waals surface area contributed by atoms with E-state index in [0.29, 0.717) is 5.56 Å². The van der Waals surface area contributed by atoms with Gasteiger partial charge < -0.3 is 10.6 Å². The summed E-state index contributed by atoms with van der Waals surface area (Å²) in [5.41, 5.74) is 7.94. The highest BCUT2D eigenvalue weighted by Crippen LogP contribution is 2.18. The largest absolute Gasteiger partial charge is 0.324 e. The molecule has 2 aromatic carbocycles. The molecule has 0 radical (unpaired) electrons. The molecule has 0 aliphatic carbocycles. The van der Waals surface area contributed by atoms with E-state index in [9.17, 15) is 4.39 Å². The summed E-state index contributed by atoms with van der Waals surface area (Å²) in [6, 6.07) is 16.8. The topological polar surface area (TPSA) is 29.3 Å². The molecule has 0 aromatic heterocycles. The summed E-state index contributed by atoms with van der Waals surface area (Å²) in [7, 11) is 2.06. The van der Waals surface area contributed by atoms with Gasteiger partial charge in [-0.05, 0) is 31.6 Å². The summed E-state index contributed by atoms with van der Waals surface area (Å²) in [4.78, 5) is 2.20. The van der Waals surface area contributed by atoms with Crippen LogP contribution in [0.5, 0.6) is 0 Å². The van der Waals surface area contributed by atoms with Gasteiger partial charge in [0.2, 0.25) is 0 Å². The summed E-state index contributed by atoms with van der Waals surface area (Å²) in [5.74, 6) is -0.217. The SMILES string of the molecule is CN(CCC(N)c1ccccc1F)Cc1ccccc1. The fraction of sp³-hybridized carbons (Fsp3) is 0.294. The van der Waals surface area contributed by atoms with Gasteiger partial charge in [0, 0.05) is 18.2 Å². The van der Waals surface area contributed by atoms with Crippen molar-refractivity contribution < 1.29 is 4.39 Å². The molecule has 0 saturated carbocycles. The Morgan fingerprint density at radius 1 is 1.05 bits per heavy atom. The normalized spacial score (nSPS) is 12.6. The van der Waals surface area contributed by atoms with Gasteiger partial charge in [0.25, 0.3) is 0 Å². The molecule has 0 fully saturated rings. The van der Waals surface area contributed by atoms with Crippen LogP contribution in [0.25, 0.3) is 0 Å². The molecule has 106 valence electrons. The lowest BCUT2D eigenvalue weighted by Crippen LogP contribution is -2.23. The zero-order valence-electron chi connectivity index (χ0n) is 11.8. The van der Waals surface area contributed by atoms with Crippen LogP contribution in [0.3, 0.4) is 0 Å². The highest BCUT2D eigenvalue weighted by atomic mass is 19.1. The Hall–Kier alpha value is -1.71. The number of nitrogens with zero attached hydrogens (tertiary/aromatic N) is 1. The lowest BCUT2D eigenvalue weighted by molar-refractivity contribution is 0.310. The molecule has 0 heterocycles. The first kappa shape index (κ1) is 14.7. The minimum Gasteiger partial charge on any atom is -0.324 e. The molecule has 0 saturated heterocycles. The quantitative estimate of drug-likeness (QED) is 0.874. The molecule has 0 amide bonds. The summed E-state index contributed by atoms with van der Waals surface area (Å²) in [6.07, 6.45) is 0.740. The van der Waals surface area contributed by atoms with Crippen molar-refractivity contribution >= 4 is 0 Å². The average molecular weight is 272 g/mol. The predicted molar refractivity (Wildman–Crippen MR) is 80.7 cm³/mol. The zero-order chi connectivity index (χ0) is 14.4. The second kappa shape index (κ2) is 7.17. The van der Waals surface area contributed by atoms with Crippen LogP contribution in [-0.2, 0) is 6.54 Å². The molecule has 3 heteroatoms. The molecule has 1 unspecified atom stereocenters. The fourth-order valence-electron chi connectivity index (χ4n) is 2.26. The van der Waals surface area contributed by atoms with Crippen molar-refractivity contribution in [3.05, 3.63) is 71.5 Å². The van der Waals surface area contributed by atoms with E-state index in [2.05, 4.69) is 24.1 Å². The maximum Gasteiger partial charge on any atom is 0.127 e. The third kappa shape index (κ3) is 4.15. The Labute approximate surface area is 120 Å². The van der Waals surface area contributed by atoms with Crippen molar-refractivity contribution in [3.63, 3.8) is 0 Å². The highest BCUT2D eigenvalue weighted by Gasteiger charge is 2.11. The molecule has 2 rings (SSSR count). The zero-order valence-corrected chi connectivity index (χ0v) is 11.8. The van der Waals surface area contributed by atoms with Gasteiger partial charge >= 0.3 is 0 Å². The van der Waals surface area contributed by atoms with E-state index >= 15 is 0 Å². The second-order valence-electron chi connectivity index (χ2n) is 5.14. The monoisotopic (exact) mass is 272 g/mol. The van der Waals surface area contributed by atoms with Crippen molar-refractivity contribution in [2.75, 3.05) is 13.6 Å². The Morgan fingerprint density at radius 3 is 2.40 bits per heavy atom. The molecule has 2 N–H and O–H groups in total. The van der Waals surface area contributed by atoms with Crippen LogP contribution in [0, 0.1) is 5.82 Å².